The monoisotopic (exact) mass is 647 g/mol. The van der Waals surface area contributed by atoms with Crippen molar-refractivity contribution >= 4 is 22.4 Å². The number of nitrogens with two attached hydrogens (primary N) is 1. The largest absolute Gasteiger partial charge is 0.472 e. The summed E-state index contributed by atoms with van der Waals surface area (Å²) in [6, 6.07) is 0.627. The van der Waals surface area contributed by atoms with Crippen LogP contribution in [0.5, 0.6) is 11.9 Å². The fraction of sp³-hybridized carbons (Fsp3) is 0.581. The first-order valence-corrected chi connectivity index (χ1v) is 15.6. The van der Waals surface area contributed by atoms with Gasteiger partial charge in [-0.15, -0.1) is 0 Å². The highest BCUT2D eigenvalue weighted by Crippen LogP contribution is 2.47. The molecule has 3 aromatic rings. The minimum absolute atomic E-state index is 0.0422. The Hall–Kier alpha value is -3.56. The zero-order chi connectivity index (χ0) is 32.3. The van der Waals surface area contributed by atoms with Crippen LogP contribution in [-0.2, 0) is 10.9 Å². The third kappa shape index (κ3) is 4.27. The number of ether oxygens (including phenoxy) is 3. The van der Waals surface area contributed by atoms with Crippen LogP contribution in [0.2, 0.25) is 0 Å². The predicted molar refractivity (Wildman–Crippen MR) is 158 cm³/mol. The van der Waals surface area contributed by atoms with Crippen molar-refractivity contribution in [2.45, 2.75) is 69.1 Å². The Morgan fingerprint density at radius 2 is 1.96 bits per heavy atom. The van der Waals surface area contributed by atoms with E-state index in [9.17, 15) is 17.6 Å². The van der Waals surface area contributed by atoms with E-state index in [0.29, 0.717) is 25.6 Å². The minimum atomic E-state index is -5.04. The van der Waals surface area contributed by atoms with Crippen LogP contribution in [0.4, 0.5) is 33.5 Å². The van der Waals surface area contributed by atoms with E-state index < -0.39 is 57.5 Å². The van der Waals surface area contributed by atoms with E-state index in [1.165, 1.54) is 0 Å². The highest BCUT2D eigenvalue weighted by atomic mass is 19.4. The van der Waals surface area contributed by atoms with Gasteiger partial charge in [0.05, 0.1) is 36.0 Å². The number of aromatic nitrogens is 3. The minimum Gasteiger partial charge on any atom is -0.472 e. The molecule has 15 heteroatoms. The van der Waals surface area contributed by atoms with Crippen LogP contribution >= 0.6 is 0 Å². The van der Waals surface area contributed by atoms with Gasteiger partial charge < -0.3 is 30.2 Å². The number of likely N-dealkylation sites (tertiary alicyclic amines) is 1. The molecule has 0 saturated carbocycles. The number of hydrogen-bond acceptors (Lipinski definition) is 10. The van der Waals surface area contributed by atoms with Gasteiger partial charge in [-0.25, -0.2) is 13.8 Å². The number of nitrogen functional groups attached to an aromatic ring is 1. The van der Waals surface area contributed by atoms with Crippen LogP contribution in [0.15, 0.2) is 6.07 Å². The molecule has 46 heavy (non-hydrogen) atoms. The van der Waals surface area contributed by atoms with Gasteiger partial charge in [0.2, 0.25) is 5.88 Å². The molecule has 246 valence electrons. The van der Waals surface area contributed by atoms with Crippen LogP contribution in [0.1, 0.15) is 37.3 Å². The Morgan fingerprint density at radius 3 is 2.74 bits per heavy atom. The second kappa shape index (κ2) is 10.2. The van der Waals surface area contributed by atoms with E-state index in [-0.39, 0.29) is 53.4 Å². The molecule has 2 aromatic heterocycles. The third-order valence-electron chi connectivity index (χ3n) is 10.7. The zero-order valence-corrected chi connectivity index (χ0v) is 25.5. The molecule has 0 unspecified atom stereocenters. The van der Waals surface area contributed by atoms with Gasteiger partial charge in [-0.2, -0.15) is 23.1 Å². The average molecular weight is 648 g/mol. The Kier molecular flexibility index (Phi) is 6.62. The van der Waals surface area contributed by atoms with Crippen LogP contribution in [-0.4, -0.2) is 89.6 Å². The summed E-state index contributed by atoms with van der Waals surface area (Å²) in [7, 11) is 2.01. The molecule has 0 amide bonds. The van der Waals surface area contributed by atoms with Crippen molar-refractivity contribution < 1.29 is 36.2 Å². The second-order valence-electron chi connectivity index (χ2n) is 13.3. The molecule has 10 nitrogen and oxygen atoms in total. The maximum Gasteiger partial charge on any atom is 0.417 e. The number of hydrogen-bond donors (Lipinski definition) is 2. The number of nitrogens with one attached hydrogen (secondary N) is 1. The van der Waals surface area contributed by atoms with Gasteiger partial charge in [0.1, 0.15) is 40.9 Å². The van der Waals surface area contributed by atoms with Gasteiger partial charge in [-0.3, -0.25) is 4.90 Å². The van der Waals surface area contributed by atoms with Crippen molar-refractivity contribution in [1.29, 1.82) is 0 Å². The number of alkyl halides is 3. The lowest BCUT2D eigenvalue weighted by atomic mass is 9.89. The first kappa shape index (κ1) is 29.8. The highest BCUT2D eigenvalue weighted by Gasteiger charge is 2.52. The van der Waals surface area contributed by atoms with Crippen LogP contribution in [0.3, 0.4) is 0 Å². The molecule has 0 spiro atoms. The fourth-order valence-corrected chi connectivity index (χ4v) is 8.36. The summed E-state index contributed by atoms with van der Waals surface area (Å²) < 4.78 is 93.1. The lowest BCUT2D eigenvalue weighted by molar-refractivity contribution is -0.137. The normalized spacial score (nSPS) is 30.3. The summed E-state index contributed by atoms with van der Waals surface area (Å²) in [4.78, 5) is 17.9. The fourth-order valence-electron chi connectivity index (χ4n) is 8.36. The molecule has 6 atom stereocenters. The zero-order valence-electron chi connectivity index (χ0n) is 25.5. The number of piperazine rings is 1. The van der Waals surface area contributed by atoms with E-state index in [2.05, 4.69) is 25.1 Å². The first-order chi connectivity index (χ1) is 21.9. The predicted octanol–water partition coefficient (Wildman–Crippen LogP) is 4.07. The molecule has 3 N–H and O–H groups in total. The van der Waals surface area contributed by atoms with E-state index in [0.717, 1.165) is 38.8 Å². The molecule has 5 aliphatic heterocycles. The highest BCUT2D eigenvalue weighted by molar-refractivity contribution is 5.97. The maximum absolute atomic E-state index is 16.8. The molecule has 4 fully saturated rings. The Bertz CT molecular complexity index is 1760. The number of benzene rings is 1. The number of anilines is 2. The van der Waals surface area contributed by atoms with Gasteiger partial charge >= 0.3 is 12.2 Å². The topological polar surface area (TPSA) is 111 Å². The summed E-state index contributed by atoms with van der Waals surface area (Å²) in [5.74, 6) is -1.89. The van der Waals surface area contributed by atoms with E-state index in [1.807, 2.05) is 14.0 Å². The molecule has 0 radical (unpaired) electrons. The van der Waals surface area contributed by atoms with E-state index in [4.69, 9.17) is 24.9 Å². The third-order valence-corrected chi connectivity index (χ3v) is 10.7. The summed E-state index contributed by atoms with van der Waals surface area (Å²) in [5, 5.41) is 3.76. The number of nitrogens with zero attached hydrogens (tertiary/aromatic N) is 5. The number of halogens is 5. The summed E-state index contributed by atoms with van der Waals surface area (Å²) in [5.41, 5.74) is 0.957. The number of rotatable bonds is 4. The molecule has 7 heterocycles. The summed E-state index contributed by atoms with van der Waals surface area (Å²) >= 11 is 0. The molecule has 2 bridgehead atoms. The van der Waals surface area contributed by atoms with Crippen LogP contribution in [0.25, 0.3) is 22.2 Å². The van der Waals surface area contributed by atoms with E-state index in [1.54, 1.807) is 0 Å². The summed E-state index contributed by atoms with van der Waals surface area (Å²) in [6.45, 7) is 5.47. The lowest BCUT2D eigenvalue weighted by Crippen LogP contribution is -2.62. The van der Waals surface area contributed by atoms with Crippen LogP contribution < -0.4 is 25.4 Å². The first-order valence-electron chi connectivity index (χ1n) is 15.6. The van der Waals surface area contributed by atoms with Gasteiger partial charge in [-0.1, -0.05) is 0 Å². The summed E-state index contributed by atoms with van der Waals surface area (Å²) in [6.07, 6.45) is -2.77. The van der Waals surface area contributed by atoms with Crippen molar-refractivity contribution in [1.82, 2.24) is 25.2 Å². The smallest absolute Gasteiger partial charge is 0.417 e. The Labute approximate surface area is 261 Å². The van der Waals surface area contributed by atoms with Crippen molar-refractivity contribution in [2.24, 2.45) is 5.92 Å². The average Bonchev–Trinajstić information content (AvgIpc) is 3.66. The van der Waals surface area contributed by atoms with Crippen molar-refractivity contribution in [3.05, 3.63) is 28.8 Å². The molecular weight excluding hydrogens is 613 g/mol. The standard InChI is InChI=1S/C31H34F5N7O3/c1-13-21(31(34,35)36)17(8-18(37)22(13)32)24-23(33)25-20-27(41-29(40-25)45-12-30-11-44-10-15(30)6-7-42(30)3)43-9-16-4-5-19(38-16)26(43)14(2)46-28(20)39-24/h8,14-16,19,26,38H,4-7,9-12,37H2,1-3H3/t14-,15+,16+,19-,26+,30+/m0/s1. The van der Waals surface area contributed by atoms with E-state index >= 15 is 4.39 Å². The number of likely N-dealkylation sites (N-methyl/N-ethyl adjacent to an activating group) is 1. The van der Waals surface area contributed by atoms with Gasteiger partial charge in [0, 0.05) is 30.1 Å². The SMILES string of the molecule is Cc1c(F)c(N)cc(-c2nc3c4c(nc(OC[C@]56COC[C@H]5CCN6C)nc4c2F)N2C[C@H]4CC[C@H](N4)[C@H]2[C@H](C)O3)c1C(F)(F)F. The molecule has 8 rings (SSSR count). The van der Waals surface area contributed by atoms with Gasteiger partial charge in [-0.05, 0) is 58.3 Å². The van der Waals surface area contributed by atoms with Gasteiger partial charge in [0.15, 0.2) is 5.82 Å². The Balaban J connectivity index is 1.34. The molecular formula is C31H34F5N7O3. The molecule has 4 saturated heterocycles. The lowest BCUT2D eigenvalue weighted by Gasteiger charge is -2.42. The van der Waals surface area contributed by atoms with Crippen molar-refractivity contribution in [2.75, 3.05) is 50.6 Å². The molecule has 5 aliphatic rings. The second-order valence-corrected chi connectivity index (χ2v) is 13.3. The Morgan fingerprint density at radius 1 is 1.15 bits per heavy atom. The number of pyridine rings is 1. The molecule has 0 aliphatic carbocycles. The maximum atomic E-state index is 16.8. The molecule has 1 aromatic carbocycles. The van der Waals surface area contributed by atoms with Crippen LogP contribution in [0, 0.1) is 24.5 Å². The number of fused-ring (bicyclic) bond motifs is 6. The van der Waals surface area contributed by atoms with Crippen molar-refractivity contribution in [3.63, 3.8) is 0 Å². The van der Waals surface area contributed by atoms with Crippen molar-refractivity contribution in [3.8, 4) is 23.1 Å². The van der Waals surface area contributed by atoms with Gasteiger partial charge in [0.25, 0.3) is 0 Å². The quantitative estimate of drug-likeness (QED) is 0.318.